The van der Waals surface area contributed by atoms with E-state index in [1.807, 2.05) is 42.5 Å². The van der Waals surface area contributed by atoms with Crippen LogP contribution in [0.1, 0.15) is 5.56 Å². The zero-order valence-electron chi connectivity index (χ0n) is 12.7. The van der Waals surface area contributed by atoms with Gasteiger partial charge < -0.3 is 0 Å². The predicted molar refractivity (Wildman–Crippen MR) is 115 cm³/mol. The van der Waals surface area contributed by atoms with Gasteiger partial charge in [-0.25, -0.2) is 0 Å². The summed E-state index contributed by atoms with van der Waals surface area (Å²) in [7, 11) is 0. The number of nitrogens with zero attached hydrogens (tertiary/aromatic N) is 1. The van der Waals surface area contributed by atoms with Crippen molar-refractivity contribution in [1.82, 2.24) is 0 Å². The normalized spacial score (nSPS) is 10.5. The van der Waals surface area contributed by atoms with Gasteiger partial charge in [0.2, 0.25) is 0 Å². The van der Waals surface area contributed by atoms with E-state index in [-0.39, 0.29) is 0 Å². The van der Waals surface area contributed by atoms with Crippen molar-refractivity contribution in [3.63, 3.8) is 0 Å². The molecule has 0 amide bonds. The minimum atomic E-state index is 0.656. The van der Waals surface area contributed by atoms with Crippen LogP contribution in [0.15, 0.2) is 93.7 Å². The van der Waals surface area contributed by atoms with E-state index >= 15 is 0 Å². The SMILES string of the molecule is N#Cc1c(Br)cc(Sc2cccc(Br)c2)cc1Sc1cccc(Br)c1. The molecule has 3 aromatic rings. The summed E-state index contributed by atoms with van der Waals surface area (Å²) in [5, 5.41) is 9.53. The minimum absolute atomic E-state index is 0.656. The van der Waals surface area contributed by atoms with E-state index in [2.05, 4.69) is 72.1 Å². The van der Waals surface area contributed by atoms with Gasteiger partial charge in [0.1, 0.15) is 6.07 Å². The molecule has 0 aliphatic rings. The Morgan fingerprint density at radius 3 is 1.88 bits per heavy atom. The summed E-state index contributed by atoms with van der Waals surface area (Å²) >= 11 is 13.8. The van der Waals surface area contributed by atoms with Gasteiger partial charge in [0.15, 0.2) is 0 Å². The third kappa shape index (κ3) is 5.15. The lowest BCUT2D eigenvalue weighted by Crippen LogP contribution is -1.86. The summed E-state index contributed by atoms with van der Waals surface area (Å²) in [6.07, 6.45) is 0. The van der Waals surface area contributed by atoms with Gasteiger partial charge in [-0.15, -0.1) is 0 Å². The summed E-state index contributed by atoms with van der Waals surface area (Å²) in [5.74, 6) is 0. The fourth-order valence-electron chi connectivity index (χ4n) is 2.13. The highest BCUT2D eigenvalue weighted by Gasteiger charge is 2.12. The number of nitriles is 1. The lowest BCUT2D eigenvalue weighted by atomic mass is 10.2. The molecular formula is C19H10Br3NS2. The summed E-state index contributed by atoms with van der Waals surface area (Å²) in [6.45, 7) is 0. The van der Waals surface area contributed by atoms with Crippen LogP contribution in [0, 0.1) is 11.3 Å². The van der Waals surface area contributed by atoms with Gasteiger partial charge >= 0.3 is 0 Å². The van der Waals surface area contributed by atoms with Crippen molar-refractivity contribution in [2.24, 2.45) is 0 Å². The monoisotopic (exact) mass is 553 g/mol. The van der Waals surface area contributed by atoms with Crippen molar-refractivity contribution >= 4 is 71.3 Å². The van der Waals surface area contributed by atoms with Crippen LogP contribution in [0.5, 0.6) is 0 Å². The molecule has 0 aliphatic carbocycles. The third-order valence-electron chi connectivity index (χ3n) is 3.20. The minimum Gasteiger partial charge on any atom is -0.192 e. The van der Waals surface area contributed by atoms with Crippen LogP contribution >= 0.6 is 71.3 Å². The van der Waals surface area contributed by atoms with Crippen molar-refractivity contribution in [3.8, 4) is 6.07 Å². The average molecular weight is 556 g/mol. The van der Waals surface area contributed by atoms with E-state index < -0.39 is 0 Å². The summed E-state index contributed by atoms with van der Waals surface area (Å²) in [6, 6.07) is 22.6. The fourth-order valence-corrected chi connectivity index (χ4v) is 6.13. The molecule has 3 aromatic carbocycles. The molecule has 0 saturated heterocycles. The zero-order chi connectivity index (χ0) is 17.8. The molecule has 0 heterocycles. The molecule has 25 heavy (non-hydrogen) atoms. The van der Waals surface area contributed by atoms with Crippen molar-refractivity contribution in [2.75, 3.05) is 0 Å². The van der Waals surface area contributed by atoms with E-state index in [0.29, 0.717) is 5.56 Å². The highest BCUT2D eigenvalue weighted by Crippen LogP contribution is 2.39. The van der Waals surface area contributed by atoms with E-state index in [1.54, 1.807) is 23.5 Å². The number of halogens is 3. The second-order valence-electron chi connectivity index (χ2n) is 5.01. The quantitative estimate of drug-likeness (QED) is 0.324. The Labute approximate surface area is 180 Å². The first kappa shape index (κ1) is 19.1. The second kappa shape index (κ2) is 8.79. The first-order valence-electron chi connectivity index (χ1n) is 7.15. The maximum atomic E-state index is 9.53. The maximum Gasteiger partial charge on any atom is 0.102 e. The first-order valence-corrected chi connectivity index (χ1v) is 11.2. The van der Waals surface area contributed by atoms with Gasteiger partial charge in [0, 0.05) is 33.0 Å². The Kier molecular flexibility index (Phi) is 6.70. The van der Waals surface area contributed by atoms with Crippen LogP contribution in [0.25, 0.3) is 0 Å². The average Bonchev–Trinajstić information content (AvgIpc) is 2.55. The Morgan fingerprint density at radius 1 is 0.720 bits per heavy atom. The maximum absolute atomic E-state index is 9.53. The smallest absolute Gasteiger partial charge is 0.102 e. The molecule has 0 aliphatic heterocycles. The molecule has 0 saturated carbocycles. The van der Waals surface area contributed by atoms with Gasteiger partial charge in [-0.1, -0.05) is 67.5 Å². The molecule has 124 valence electrons. The molecule has 0 N–H and O–H groups in total. The van der Waals surface area contributed by atoms with Crippen molar-refractivity contribution in [3.05, 3.63) is 79.6 Å². The zero-order valence-corrected chi connectivity index (χ0v) is 19.1. The summed E-state index contributed by atoms with van der Waals surface area (Å²) < 4.78 is 2.89. The molecule has 3 rings (SSSR count). The van der Waals surface area contributed by atoms with E-state index in [1.165, 1.54) is 0 Å². The lowest BCUT2D eigenvalue weighted by molar-refractivity contribution is 1.25. The van der Waals surface area contributed by atoms with Crippen LogP contribution < -0.4 is 0 Å². The fraction of sp³-hybridized carbons (Fsp3) is 0. The van der Waals surface area contributed by atoms with Gasteiger partial charge in [-0.2, -0.15) is 5.26 Å². The molecule has 0 aromatic heterocycles. The predicted octanol–water partition coefficient (Wildman–Crippen LogP) is 8.15. The van der Waals surface area contributed by atoms with Gasteiger partial charge in [0.25, 0.3) is 0 Å². The van der Waals surface area contributed by atoms with Crippen molar-refractivity contribution in [1.29, 1.82) is 5.26 Å². The highest BCUT2D eigenvalue weighted by atomic mass is 79.9. The van der Waals surface area contributed by atoms with Crippen LogP contribution in [-0.4, -0.2) is 0 Å². The molecule has 0 spiro atoms. The van der Waals surface area contributed by atoms with Crippen LogP contribution in [0.4, 0.5) is 0 Å². The molecule has 0 radical (unpaired) electrons. The Balaban J connectivity index is 1.96. The van der Waals surface area contributed by atoms with Gasteiger partial charge in [0.05, 0.1) is 5.56 Å². The van der Waals surface area contributed by atoms with Crippen molar-refractivity contribution in [2.45, 2.75) is 19.6 Å². The van der Waals surface area contributed by atoms with Gasteiger partial charge in [-0.3, -0.25) is 0 Å². The number of hydrogen-bond donors (Lipinski definition) is 0. The Hall–Kier alpha value is -0.710. The van der Waals surface area contributed by atoms with Gasteiger partial charge in [-0.05, 0) is 64.5 Å². The third-order valence-corrected chi connectivity index (χ3v) is 6.80. The van der Waals surface area contributed by atoms with Crippen LogP contribution in [0.3, 0.4) is 0 Å². The molecule has 0 atom stereocenters. The molecular weight excluding hydrogens is 546 g/mol. The molecule has 0 fully saturated rings. The Morgan fingerprint density at radius 2 is 1.32 bits per heavy atom. The number of rotatable bonds is 4. The molecule has 0 unspecified atom stereocenters. The standard InChI is InChI=1S/C19H10Br3NS2/c20-12-3-1-5-14(7-12)24-16-9-18(22)17(11-23)19(10-16)25-15-6-2-4-13(21)8-15/h1-10H. The number of hydrogen-bond acceptors (Lipinski definition) is 3. The molecule has 1 nitrogen and oxygen atoms in total. The van der Waals surface area contributed by atoms with E-state index in [0.717, 1.165) is 33.0 Å². The topological polar surface area (TPSA) is 23.8 Å². The van der Waals surface area contributed by atoms with Crippen LogP contribution in [-0.2, 0) is 0 Å². The van der Waals surface area contributed by atoms with Crippen LogP contribution in [0.2, 0.25) is 0 Å². The van der Waals surface area contributed by atoms with E-state index in [4.69, 9.17) is 0 Å². The first-order chi connectivity index (χ1) is 12.0. The molecule has 0 bridgehead atoms. The van der Waals surface area contributed by atoms with E-state index in [9.17, 15) is 5.26 Å². The van der Waals surface area contributed by atoms with Crippen molar-refractivity contribution < 1.29 is 0 Å². The highest BCUT2D eigenvalue weighted by molar-refractivity contribution is 9.11. The summed E-state index contributed by atoms with van der Waals surface area (Å²) in [4.78, 5) is 4.25. The second-order valence-corrected chi connectivity index (χ2v) is 9.96. The Bertz CT molecular complexity index is 967. The summed E-state index contributed by atoms with van der Waals surface area (Å²) in [5.41, 5.74) is 0.656. The lowest BCUT2D eigenvalue weighted by Gasteiger charge is -2.10. The molecule has 6 heteroatoms. The number of benzene rings is 3. The largest absolute Gasteiger partial charge is 0.192 e.